The minimum absolute atomic E-state index is 0.0106. The molecule has 15 heteroatoms. The number of ether oxygens (including phenoxy) is 4. The van der Waals surface area contributed by atoms with Crippen molar-refractivity contribution in [1.29, 1.82) is 0 Å². The largest absolute Gasteiger partial charge is 0.459 e. The van der Waals surface area contributed by atoms with E-state index in [-0.39, 0.29) is 19.8 Å². The Kier molecular flexibility index (Phi) is 21.6. The van der Waals surface area contributed by atoms with Gasteiger partial charge in [0, 0.05) is 19.8 Å². The number of nitrogens with one attached hydrogen (secondary N) is 6. The Bertz CT molecular complexity index is 1970. The van der Waals surface area contributed by atoms with Gasteiger partial charge in [-0.05, 0) is 62.8 Å². The summed E-state index contributed by atoms with van der Waals surface area (Å²) in [5, 5.41) is 11.3. The van der Waals surface area contributed by atoms with Gasteiger partial charge in [-0.1, -0.05) is 148 Å². The lowest BCUT2D eigenvalue weighted by Crippen LogP contribution is -2.59. The number of alkyl carbamates (subject to hydrolysis) is 1. The second-order valence-corrected chi connectivity index (χ2v) is 16.9. The van der Waals surface area contributed by atoms with Crippen molar-refractivity contribution in [2.45, 2.75) is 116 Å². The van der Waals surface area contributed by atoms with Crippen LogP contribution in [0.15, 0.2) is 121 Å². The highest BCUT2D eigenvalue weighted by Crippen LogP contribution is 2.37. The smallest absolute Gasteiger partial charge is 0.407 e. The number of amides is 5. The van der Waals surface area contributed by atoms with Crippen molar-refractivity contribution < 1.29 is 42.9 Å². The molecule has 66 heavy (non-hydrogen) atoms. The molecule has 4 atom stereocenters. The summed E-state index contributed by atoms with van der Waals surface area (Å²) in [5.41, 5.74) is 6.47. The van der Waals surface area contributed by atoms with Gasteiger partial charge in [0.25, 0.3) is 5.91 Å². The number of urea groups is 1. The van der Waals surface area contributed by atoms with Gasteiger partial charge in [-0.2, -0.15) is 0 Å². The van der Waals surface area contributed by atoms with E-state index in [0.717, 1.165) is 47.9 Å². The predicted octanol–water partition coefficient (Wildman–Crippen LogP) is 6.80. The fourth-order valence-electron chi connectivity index (χ4n) is 6.92. The topological polar surface area (TPSA) is 194 Å². The molecule has 0 aromatic heterocycles. The van der Waals surface area contributed by atoms with Gasteiger partial charge in [-0.25, -0.2) is 19.8 Å². The Labute approximate surface area is 389 Å². The van der Waals surface area contributed by atoms with Crippen molar-refractivity contribution in [2.24, 2.45) is 0 Å². The van der Waals surface area contributed by atoms with Crippen LogP contribution in [0.1, 0.15) is 95.9 Å². The van der Waals surface area contributed by atoms with E-state index in [9.17, 15) is 24.0 Å². The monoisotopic (exact) mass is 909 g/mol. The standard InChI is InChI=1S/C51H68N6O9/c1-7-9-31-63-36-42(53-49(62)66-50(4,5)6)34-52-57-46(59)43(54-48(61)55-45(37(3)64-32-10-8-2)47(60)65-35-38-23-15-11-16-24-38)33-44(58)56-51(39-25-17-12-18-26-39,40-27-19-13-20-28-40)41-29-21-14-22-30-41/h11-30,37,42-43,45,52H,7-10,31-36H2,1-6H3,(H,53,62)(H,56,58)(H,57,59)(H2,54,55,61)/t37?,42-,43+,45+/m1/s1. The second-order valence-electron chi connectivity index (χ2n) is 16.9. The maximum Gasteiger partial charge on any atom is 0.407 e. The minimum atomic E-state index is -1.51. The minimum Gasteiger partial charge on any atom is -0.459 e. The number of hydrogen-bond donors (Lipinski definition) is 6. The average Bonchev–Trinajstić information content (AvgIpc) is 3.30. The first kappa shape index (κ1) is 52.3. The Morgan fingerprint density at radius 3 is 1.73 bits per heavy atom. The van der Waals surface area contributed by atoms with Gasteiger partial charge >= 0.3 is 18.1 Å². The molecule has 356 valence electrons. The van der Waals surface area contributed by atoms with E-state index in [4.69, 9.17) is 18.9 Å². The molecule has 15 nitrogen and oxygen atoms in total. The normalized spacial score (nSPS) is 13.2. The Morgan fingerprint density at radius 2 is 1.20 bits per heavy atom. The molecule has 0 spiro atoms. The van der Waals surface area contributed by atoms with E-state index in [1.807, 2.05) is 135 Å². The molecule has 0 heterocycles. The summed E-state index contributed by atoms with van der Waals surface area (Å²) in [6.07, 6.45) is 1.27. The summed E-state index contributed by atoms with van der Waals surface area (Å²) in [6.45, 7) is 11.8. The summed E-state index contributed by atoms with van der Waals surface area (Å²) in [7, 11) is 0. The maximum atomic E-state index is 14.6. The number of hydrazine groups is 1. The second kappa shape index (κ2) is 27.2. The highest BCUT2D eigenvalue weighted by Gasteiger charge is 2.39. The number of unbranched alkanes of at least 4 members (excludes halogenated alkanes) is 2. The van der Waals surface area contributed by atoms with Crippen LogP contribution in [0.2, 0.25) is 0 Å². The van der Waals surface area contributed by atoms with Crippen LogP contribution in [0.4, 0.5) is 9.59 Å². The van der Waals surface area contributed by atoms with E-state index >= 15 is 0 Å². The molecule has 0 fully saturated rings. The molecule has 4 aromatic rings. The summed E-state index contributed by atoms with van der Waals surface area (Å²) in [4.78, 5) is 69.2. The van der Waals surface area contributed by atoms with E-state index in [2.05, 4.69) is 32.1 Å². The van der Waals surface area contributed by atoms with Gasteiger partial charge < -0.3 is 40.2 Å². The Balaban J connectivity index is 1.63. The van der Waals surface area contributed by atoms with Crippen molar-refractivity contribution in [3.63, 3.8) is 0 Å². The maximum absolute atomic E-state index is 14.6. The number of hydrogen-bond acceptors (Lipinski definition) is 10. The van der Waals surface area contributed by atoms with Crippen LogP contribution in [0.5, 0.6) is 0 Å². The lowest BCUT2D eigenvalue weighted by atomic mass is 9.77. The molecule has 4 rings (SSSR count). The lowest BCUT2D eigenvalue weighted by Gasteiger charge is -2.37. The zero-order valence-electron chi connectivity index (χ0n) is 39.1. The molecule has 0 aliphatic rings. The van der Waals surface area contributed by atoms with Crippen molar-refractivity contribution in [3.05, 3.63) is 144 Å². The molecule has 1 unspecified atom stereocenters. The van der Waals surface area contributed by atoms with Crippen LogP contribution in [0.3, 0.4) is 0 Å². The van der Waals surface area contributed by atoms with Crippen molar-refractivity contribution in [2.75, 3.05) is 26.4 Å². The summed E-state index contributed by atoms with van der Waals surface area (Å²) in [6, 6.07) is 33.1. The number of benzene rings is 4. The van der Waals surface area contributed by atoms with Gasteiger partial charge in [-0.15, -0.1) is 0 Å². The van der Waals surface area contributed by atoms with Gasteiger partial charge in [0.1, 0.15) is 23.8 Å². The van der Waals surface area contributed by atoms with E-state index in [0.29, 0.717) is 13.2 Å². The number of rotatable bonds is 26. The quantitative estimate of drug-likeness (QED) is 0.0169. The summed E-state index contributed by atoms with van der Waals surface area (Å²) in [5.74, 6) is -2.12. The van der Waals surface area contributed by atoms with Gasteiger partial charge in [0.15, 0.2) is 6.04 Å². The van der Waals surface area contributed by atoms with Gasteiger partial charge in [-0.3, -0.25) is 15.0 Å². The van der Waals surface area contributed by atoms with Crippen molar-refractivity contribution >= 4 is 29.9 Å². The van der Waals surface area contributed by atoms with E-state index in [1.54, 1.807) is 27.7 Å². The highest BCUT2D eigenvalue weighted by atomic mass is 16.6. The van der Waals surface area contributed by atoms with Gasteiger partial charge in [0.05, 0.1) is 25.2 Å². The molecule has 6 N–H and O–H groups in total. The number of carbonyl (C=O) groups excluding carboxylic acids is 5. The molecule has 0 radical (unpaired) electrons. The molecular weight excluding hydrogens is 841 g/mol. The van der Waals surface area contributed by atoms with E-state index in [1.165, 1.54) is 0 Å². The fraction of sp³-hybridized carbons (Fsp3) is 0.431. The third-order valence-electron chi connectivity index (χ3n) is 10.3. The van der Waals surface area contributed by atoms with Crippen molar-refractivity contribution in [3.8, 4) is 0 Å². The first-order valence-electron chi connectivity index (χ1n) is 22.7. The van der Waals surface area contributed by atoms with Crippen LogP contribution in [0, 0.1) is 0 Å². The number of esters is 1. The SMILES string of the molecule is CCCCOC[C@@H](CNNC(=O)[C@H](CC(=O)NC(c1ccccc1)(c1ccccc1)c1ccccc1)NC(=O)N[C@H](C(=O)OCc1ccccc1)C(C)OCCCC)NC(=O)OC(C)(C)C. The van der Waals surface area contributed by atoms with Crippen LogP contribution in [-0.2, 0) is 45.5 Å². The van der Waals surface area contributed by atoms with Crippen LogP contribution in [0.25, 0.3) is 0 Å². The predicted molar refractivity (Wildman–Crippen MR) is 253 cm³/mol. The average molecular weight is 909 g/mol. The molecule has 0 aliphatic carbocycles. The lowest BCUT2D eigenvalue weighted by molar-refractivity contribution is -0.151. The molecule has 0 bridgehead atoms. The first-order valence-corrected chi connectivity index (χ1v) is 22.7. The number of carbonyl (C=O) groups is 5. The first-order chi connectivity index (χ1) is 31.7. The molecular formula is C51H68N6O9. The Morgan fingerprint density at radius 1 is 0.667 bits per heavy atom. The van der Waals surface area contributed by atoms with Crippen molar-refractivity contribution in [1.82, 2.24) is 32.1 Å². The summed E-state index contributed by atoms with van der Waals surface area (Å²) < 4.78 is 22.8. The van der Waals surface area contributed by atoms with Gasteiger partial charge in [0.2, 0.25) is 5.91 Å². The molecule has 4 aromatic carbocycles. The molecule has 0 saturated carbocycles. The Hall–Kier alpha value is -6.29. The fourth-order valence-corrected chi connectivity index (χ4v) is 6.92. The highest BCUT2D eigenvalue weighted by molar-refractivity contribution is 5.93. The van der Waals surface area contributed by atoms with E-state index < -0.39 is 71.7 Å². The third-order valence-corrected chi connectivity index (χ3v) is 10.3. The van der Waals surface area contributed by atoms with Crippen LogP contribution in [-0.4, -0.2) is 86.1 Å². The zero-order valence-corrected chi connectivity index (χ0v) is 39.1. The molecule has 5 amide bonds. The summed E-state index contributed by atoms with van der Waals surface area (Å²) >= 11 is 0. The molecule has 0 saturated heterocycles. The molecule has 0 aliphatic heterocycles. The zero-order chi connectivity index (χ0) is 47.8. The third kappa shape index (κ3) is 17.3. The van der Waals surface area contributed by atoms with Crippen LogP contribution < -0.4 is 32.1 Å². The van der Waals surface area contributed by atoms with Crippen LogP contribution >= 0.6 is 0 Å².